The number of aliphatic imine (C=N–C) groups is 1. The highest BCUT2D eigenvalue weighted by Gasteiger charge is 2.16. The molecule has 0 atom stereocenters. The number of nitrogens with one attached hydrogen (secondary N) is 1. The van der Waals surface area contributed by atoms with Crippen molar-refractivity contribution in [2.75, 3.05) is 6.54 Å². The molecule has 0 heterocycles. The fourth-order valence-corrected chi connectivity index (χ4v) is 2.58. The van der Waals surface area contributed by atoms with Crippen LogP contribution in [0, 0.1) is 5.92 Å². The number of hydrogen-bond acceptors (Lipinski definition) is 3. The first-order chi connectivity index (χ1) is 9.45. The molecule has 1 saturated carbocycles. The summed E-state index contributed by atoms with van der Waals surface area (Å²) in [4.78, 5) is 4.28. The lowest BCUT2D eigenvalue weighted by Gasteiger charge is -2.25. The number of sulfonamides is 1. The molecule has 2 rings (SSSR count). The van der Waals surface area contributed by atoms with Gasteiger partial charge in [-0.2, -0.15) is 0 Å². The molecule has 0 bridgehead atoms. The zero-order valence-corrected chi connectivity index (χ0v) is 14.8. The summed E-state index contributed by atoms with van der Waals surface area (Å²) in [6.07, 6.45) is 3.79. The van der Waals surface area contributed by atoms with Crippen LogP contribution in [0.1, 0.15) is 24.8 Å². The molecule has 5 N–H and O–H groups in total. The Kier molecular flexibility index (Phi) is 6.88. The second kappa shape index (κ2) is 7.95. The van der Waals surface area contributed by atoms with Crippen LogP contribution in [0.3, 0.4) is 0 Å². The Morgan fingerprint density at radius 3 is 2.67 bits per heavy atom. The van der Waals surface area contributed by atoms with E-state index >= 15 is 0 Å². The zero-order valence-electron chi connectivity index (χ0n) is 11.7. The molecule has 1 aromatic rings. The van der Waals surface area contributed by atoms with Gasteiger partial charge in [-0.25, -0.2) is 18.5 Å². The summed E-state index contributed by atoms with van der Waals surface area (Å²) in [5.41, 5.74) is 6.52. The molecule has 1 fully saturated rings. The lowest BCUT2D eigenvalue weighted by atomic mass is 9.85. The minimum Gasteiger partial charge on any atom is -0.370 e. The van der Waals surface area contributed by atoms with Gasteiger partial charge in [-0.05, 0) is 36.5 Å². The number of nitrogens with zero attached hydrogens (tertiary/aromatic N) is 1. The summed E-state index contributed by atoms with van der Waals surface area (Å²) in [6.45, 7) is 1.18. The maximum Gasteiger partial charge on any atom is 0.238 e. The highest BCUT2D eigenvalue weighted by Crippen LogP contribution is 2.24. The van der Waals surface area contributed by atoms with E-state index in [2.05, 4.69) is 10.3 Å². The topological polar surface area (TPSA) is 111 Å². The number of rotatable bonds is 5. The van der Waals surface area contributed by atoms with E-state index in [1.54, 1.807) is 12.1 Å². The van der Waals surface area contributed by atoms with Crippen LogP contribution < -0.4 is 16.2 Å². The van der Waals surface area contributed by atoms with Crippen molar-refractivity contribution in [3.8, 4) is 0 Å². The SMILES string of the molecule is I.NC(=NCc1cccc(S(N)(=O)=O)c1)NCC1CCC1. The van der Waals surface area contributed by atoms with Crippen molar-refractivity contribution in [3.63, 3.8) is 0 Å². The Morgan fingerprint density at radius 2 is 2.10 bits per heavy atom. The van der Waals surface area contributed by atoms with Gasteiger partial charge in [0.15, 0.2) is 5.96 Å². The van der Waals surface area contributed by atoms with Gasteiger partial charge < -0.3 is 11.1 Å². The molecule has 8 heteroatoms. The minimum absolute atomic E-state index is 0. The van der Waals surface area contributed by atoms with Gasteiger partial charge in [0.2, 0.25) is 10.0 Å². The second-order valence-corrected chi connectivity index (χ2v) is 6.63. The Labute approximate surface area is 142 Å². The maximum atomic E-state index is 11.2. The minimum atomic E-state index is -3.68. The number of guanidine groups is 1. The summed E-state index contributed by atoms with van der Waals surface area (Å²) in [5.74, 6) is 1.09. The Morgan fingerprint density at radius 1 is 1.38 bits per heavy atom. The molecule has 0 aromatic heterocycles. The molecule has 1 aliphatic carbocycles. The van der Waals surface area contributed by atoms with Crippen molar-refractivity contribution in [1.29, 1.82) is 0 Å². The monoisotopic (exact) mass is 424 g/mol. The third-order valence-corrected chi connectivity index (χ3v) is 4.37. The van der Waals surface area contributed by atoms with Crippen molar-refractivity contribution in [3.05, 3.63) is 29.8 Å². The highest BCUT2D eigenvalue weighted by molar-refractivity contribution is 14.0. The van der Waals surface area contributed by atoms with E-state index in [1.807, 2.05) is 0 Å². The second-order valence-electron chi connectivity index (χ2n) is 5.07. The zero-order chi connectivity index (χ0) is 14.6. The van der Waals surface area contributed by atoms with Gasteiger partial charge in [-0.3, -0.25) is 0 Å². The van der Waals surface area contributed by atoms with Gasteiger partial charge in [0.05, 0.1) is 11.4 Å². The van der Waals surface area contributed by atoms with E-state index in [9.17, 15) is 8.42 Å². The van der Waals surface area contributed by atoms with E-state index in [0.29, 0.717) is 18.4 Å². The lowest BCUT2D eigenvalue weighted by Crippen LogP contribution is -2.37. The first-order valence-electron chi connectivity index (χ1n) is 6.60. The quantitative estimate of drug-likeness (QED) is 0.374. The van der Waals surface area contributed by atoms with E-state index < -0.39 is 10.0 Å². The van der Waals surface area contributed by atoms with Crippen molar-refractivity contribution in [2.45, 2.75) is 30.7 Å². The first kappa shape index (κ1) is 18.2. The van der Waals surface area contributed by atoms with E-state index in [4.69, 9.17) is 10.9 Å². The fourth-order valence-electron chi connectivity index (χ4n) is 2.00. The summed E-state index contributed by atoms with van der Waals surface area (Å²) < 4.78 is 22.5. The average Bonchev–Trinajstić information content (AvgIpc) is 2.34. The van der Waals surface area contributed by atoms with Crippen LogP contribution in [-0.4, -0.2) is 20.9 Å². The molecule has 0 radical (unpaired) electrons. The number of nitrogens with two attached hydrogens (primary N) is 2. The smallest absolute Gasteiger partial charge is 0.238 e. The van der Waals surface area contributed by atoms with Crippen molar-refractivity contribution in [2.24, 2.45) is 21.8 Å². The summed E-state index contributed by atoms with van der Waals surface area (Å²) >= 11 is 0. The number of benzene rings is 1. The van der Waals surface area contributed by atoms with Gasteiger partial charge in [0.25, 0.3) is 0 Å². The molecule has 0 unspecified atom stereocenters. The number of primary sulfonamides is 1. The van der Waals surface area contributed by atoms with E-state index in [-0.39, 0.29) is 28.9 Å². The van der Waals surface area contributed by atoms with Crippen molar-refractivity contribution >= 4 is 40.0 Å². The Balaban J connectivity index is 0.00000220. The van der Waals surface area contributed by atoms with Crippen LogP contribution in [0.5, 0.6) is 0 Å². The summed E-state index contributed by atoms with van der Waals surface area (Å²) in [7, 11) is -3.68. The molecule has 1 aromatic carbocycles. The third kappa shape index (κ3) is 5.79. The Bertz CT molecular complexity index is 600. The predicted octanol–water partition coefficient (Wildman–Crippen LogP) is 1.16. The molecule has 0 spiro atoms. The lowest BCUT2D eigenvalue weighted by molar-refractivity contribution is 0.315. The molecule has 6 nitrogen and oxygen atoms in total. The van der Waals surface area contributed by atoms with Gasteiger partial charge in [0.1, 0.15) is 0 Å². The molecule has 0 amide bonds. The fraction of sp³-hybridized carbons (Fsp3) is 0.462. The molecule has 0 aliphatic heterocycles. The van der Waals surface area contributed by atoms with Gasteiger partial charge in [0, 0.05) is 6.54 Å². The summed E-state index contributed by atoms with van der Waals surface area (Å²) in [5, 5.41) is 8.17. The maximum absolute atomic E-state index is 11.2. The normalized spacial score (nSPS) is 16.0. The molecule has 0 saturated heterocycles. The van der Waals surface area contributed by atoms with E-state index in [0.717, 1.165) is 12.1 Å². The number of hydrogen-bond donors (Lipinski definition) is 3. The highest BCUT2D eigenvalue weighted by atomic mass is 127. The van der Waals surface area contributed by atoms with Crippen LogP contribution in [0.15, 0.2) is 34.2 Å². The standard InChI is InChI=1S/C13H20N4O2S.HI/c14-13(16-8-10-3-1-4-10)17-9-11-5-2-6-12(7-11)20(15,18)19;/h2,5-7,10H,1,3-4,8-9H2,(H3,14,16,17)(H2,15,18,19);1H. The molecular weight excluding hydrogens is 403 g/mol. The van der Waals surface area contributed by atoms with Crippen LogP contribution in [0.25, 0.3) is 0 Å². The molecule has 1 aliphatic rings. The third-order valence-electron chi connectivity index (χ3n) is 3.46. The van der Waals surface area contributed by atoms with Crippen molar-refractivity contribution < 1.29 is 8.42 Å². The molecule has 118 valence electrons. The average molecular weight is 424 g/mol. The van der Waals surface area contributed by atoms with Gasteiger partial charge in [-0.1, -0.05) is 18.6 Å². The molecule has 21 heavy (non-hydrogen) atoms. The Hall–Kier alpha value is -0.870. The first-order valence-corrected chi connectivity index (χ1v) is 8.15. The predicted molar refractivity (Wildman–Crippen MR) is 93.9 cm³/mol. The number of halogens is 1. The largest absolute Gasteiger partial charge is 0.370 e. The molecular formula is C13H21IN4O2S. The van der Waals surface area contributed by atoms with Crippen LogP contribution >= 0.6 is 24.0 Å². The van der Waals surface area contributed by atoms with Crippen molar-refractivity contribution in [1.82, 2.24) is 5.32 Å². The van der Waals surface area contributed by atoms with E-state index in [1.165, 1.54) is 31.4 Å². The summed E-state index contributed by atoms with van der Waals surface area (Å²) in [6, 6.07) is 6.40. The van der Waals surface area contributed by atoms with Gasteiger partial charge >= 0.3 is 0 Å². The van der Waals surface area contributed by atoms with Gasteiger partial charge in [-0.15, -0.1) is 24.0 Å². The van der Waals surface area contributed by atoms with Crippen LogP contribution in [0.2, 0.25) is 0 Å². The van der Waals surface area contributed by atoms with Crippen LogP contribution in [-0.2, 0) is 16.6 Å². The van der Waals surface area contributed by atoms with Crippen LogP contribution in [0.4, 0.5) is 0 Å².